The zero-order valence-corrected chi connectivity index (χ0v) is 17.2. The maximum absolute atomic E-state index is 13.5. The number of nitrogens with one attached hydrogen (secondary N) is 3. The van der Waals surface area contributed by atoms with Gasteiger partial charge in [-0.05, 0) is 44.2 Å². The molecule has 30 heavy (non-hydrogen) atoms. The Morgan fingerprint density at radius 2 is 1.83 bits per heavy atom. The minimum Gasteiger partial charge on any atom is -0.354 e. The number of pyridine rings is 1. The van der Waals surface area contributed by atoms with Gasteiger partial charge in [0.2, 0.25) is 0 Å². The summed E-state index contributed by atoms with van der Waals surface area (Å²) >= 11 is 0. The van der Waals surface area contributed by atoms with Crippen LogP contribution in [0.3, 0.4) is 0 Å². The molecule has 0 unspecified atom stereocenters. The molecule has 1 saturated carbocycles. The quantitative estimate of drug-likeness (QED) is 0.705. The molecule has 0 atom stereocenters. The highest BCUT2D eigenvalue weighted by Gasteiger charge is 2.45. The fourth-order valence-corrected chi connectivity index (χ4v) is 4.96. The standard InChI is InChI=1S/C21H27N7O2/c1-14-11-15(25-16-12-17(24-13-23-16)27-9-7-22-8-10-27)20(30)28-18(14)19(29)26-21(28)5-3-2-4-6-21/h11-13,22H,2-10H2,1H3,(H,26,29)(H,23,24,25). The number of hydrogen-bond donors (Lipinski definition) is 3. The van der Waals surface area contributed by atoms with E-state index in [4.69, 9.17) is 0 Å². The zero-order chi connectivity index (χ0) is 20.7. The van der Waals surface area contributed by atoms with Crippen molar-refractivity contribution in [3.05, 3.63) is 40.1 Å². The fourth-order valence-electron chi connectivity index (χ4n) is 4.96. The third-order valence-electron chi connectivity index (χ3n) is 6.42. The molecule has 0 aromatic carbocycles. The van der Waals surface area contributed by atoms with Crippen LogP contribution in [0.15, 0.2) is 23.3 Å². The first kappa shape index (κ1) is 19.0. The first-order chi connectivity index (χ1) is 14.6. The van der Waals surface area contributed by atoms with Gasteiger partial charge in [-0.25, -0.2) is 9.97 Å². The van der Waals surface area contributed by atoms with Crippen molar-refractivity contribution in [1.82, 2.24) is 25.2 Å². The Morgan fingerprint density at radius 3 is 2.60 bits per heavy atom. The van der Waals surface area contributed by atoms with E-state index in [-0.39, 0.29) is 11.5 Å². The van der Waals surface area contributed by atoms with Gasteiger partial charge < -0.3 is 20.9 Å². The normalized spacial score (nSPS) is 20.2. The monoisotopic (exact) mass is 409 g/mol. The molecular formula is C21H27N7O2. The molecule has 1 spiro atoms. The molecule has 2 aromatic heterocycles. The lowest BCUT2D eigenvalue weighted by molar-refractivity contribution is 0.0876. The molecule has 1 saturated heterocycles. The van der Waals surface area contributed by atoms with Gasteiger partial charge in [0.25, 0.3) is 11.5 Å². The van der Waals surface area contributed by atoms with Crippen LogP contribution in [0.25, 0.3) is 0 Å². The van der Waals surface area contributed by atoms with E-state index in [9.17, 15) is 9.59 Å². The number of anilines is 3. The summed E-state index contributed by atoms with van der Waals surface area (Å²) in [5.74, 6) is 1.26. The van der Waals surface area contributed by atoms with E-state index in [1.54, 1.807) is 10.6 Å². The molecule has 3 aliphatic rings. The number of aryl methyl sites for hydroxylation is 1. The number of amides is 1. The average Bonchev–Trinajstić information content (AvgIpc) is 3.05. The van der Waals surface area contributed by atoms with Crippen LogP contribution in [0.5, 0.6) is 0 Å². The van der Waals surface area contributed by atoms with Gasteiger partial charge in [-0.1, -0.05) is 6.42 Å². The Bertz CT molecular complexity index is 1040. The van der Waals surface area contributed by atoms with Crippen LogP contribution in [0.2, 0.25) is 0 Å². The molecule has 0 radical (unpaired) electrons. The lowest BCUT2D eigenvalue weighted by atomic mass is 9.89. The molecule has 2 aromatic rings. The Morgan fingerprint density at radius 1 is 1.07 bits per heavy atom. The van der Waals surface area contributed by atoms with E-state index in [0.717, 1.165) is 69.7 Å². The largest absolute Gasteiger partial charge is 0.354 e. The van der Waals surface area contributed by atoms with Crippen LogP contribution in [0.4, 0.5) is 17.3 Å². The summed E-state index contributed by atoms with van der Waals surface area (Å²) in [7, 11) is 0. The van der Waals surface area contributed by atoms with Crippen molar-refractivity contribution in [2.75, 3.05) is 36.4 Å². The molecule has 3 N–H and O–H groups in total. The van der Waals surface area contributed by atoms with Crippen LogP contribution >= 0.6 is 0 Å². The van der Waals surface area contributed by atoms with E-state index >= 15 is 0 Å². The van der Waals surface area contributed by atoms with Crippen LogP contribution in [-0.4, -0.2) is 46.6 Å². The summed E-state index contributed by atoms with van der Waals surface area (Å²) in [6.45, 7) is 5.48. The third-order valence-corrected chi connectivity index (χ3v) is 6.42. The molecule has 2 fully saturated rings. The summed E-state index contributed by atoms with van der Waals surface area (Å²) in [5.41, 5.74) is 0.924. The van der Waals surface area contributed by atoms with Crippen molar-refractivity contribution in [3.8, 4) is 0 Å². The molecule has 1 amide bonds. The number of hydrogen-bond acceptors (Lipinski definition) is 7. The van der Waals surface area contributed by atoms with Crippen molar-refractivity contribution in [2.45, 2.75) is 44.7 Å². The van der Waals surface area contributed by atoms with Crippen molar-refractivity contribution >= 4 is 23.2 Å². The van der Waals surface area contributed by atoms with Gasteiger partial charge in [0, 0.05) is 32.2 Å². The van der Waals surface area contributed by atoms with E-state index in [1.807, 2.05) is 13.0 Å². The molecule has 2 aliphatic heterocycles. The summed E-state index contributed by atoms with van der Waals surface area (Å²) < 4.78 is 1.70. The van der Waals surface area contributed by atoms with E-state index in [1.165, 1.54) is 6.33 Å². The van der Waals surface area contributed by atoms with Gasteiger partial charge in [-0.3, -0.25) is 14.2 Å². The van der Waals surface area contributed by atoms with Crippen molar-refractivity contribution in [1.29, 1.82) is 0 Å². The van der Waals surface area contributed by atoms with E-state index < -0.39 is 5.66 Å². The molecule has 158 valence electrons. The number of carbonyl (C=O) groups is 1. The number of aromatic nitrogens is 3. The molecule has 4 heterocycles. The molecular weight excluding hydrogens is 382 g/mol. The topological polar surface area (TPSA) is 104 Å². The number of nitrogens with zero attached hydrogens (tertiary/aromatic N) is 4. The van der Waals surface area contributed by atoms with Crippen LogP contribution < -0.4 is 26.4 Å². The second-order valence-corrected chi connectivity index (χ2v) is 8.40. The number of fused-ring (bicyclic) bond motifs is 2. The van der Waals surface area contributed by atoms with Gasteiger partial charge >= 0.3 is 0 Å². The minimum absolute atomic E-state index is 0.152. The lowest BCUT2D eigenvalue weighted by Crippen LogP contribution is -2.48. The predicted molar refractivity (Wildman–Crippen MR) is 114 cm³/mol. The average molecular weight is 409 g/mol. The second kappa shape index (κ2) is 7.39. The first-order valence-electron chi connectivity index (χ1n) is 10.7. The lowest BCUT2D eigenvalue weighted by Gasteiger charge is -2.35. The molecule has 5 rings (SSSR count). The second-order valence-electron chi connectivity index (χ2n) is 8.40. The number of rotatable bonds is 3. The number of piperazine rings is 1. The van der Waals surface area contributed by atoms with Crippen LogP contribution in [0, 0.1) is 6.92 Å². The molecule has 0 bridgehead atoms. The van der Waals surface area contributed by atoms with Crippen LogP contribution in [0.1, 0.15) is 48.2 Å². The predicted octanol–water partition coefficient (Wildman–Crippen LogP) is 1.46. The van der Waals surface area contributed by atoms with Crippen LogP contribution in [-0.2, 0) is 5.66 Å². The summed E-state index contributed by atoms with van der Waals surface area (Å²) in [6, 6.07) is 3.62. The smallest absolute Gasteiger partial charge is 0.276 e. The third kappa shape index (κ3) is 3.13. The SMILES string of the molecule is Cc1cc(Nc2cc(N3CCNCC3)ncn2)c(=O)n2c1C(=O)NC21CCCCC1. The Kier molecular flexibility index (Phi) is 4.69. The maximum atomic E-state index is 13.5. The summed E-state index contributed by atoms with van der Waals surface area (Å²) in [5, 5.41) is 9.64. The number of carbonyl (C=O) groups excluding carboxylic acids is 1. The first-order valence-corrected chi connectivity index (χ1v) is 10.7. The van der Waals surface area contributed by atoms with Crippen molar-refractivity contribution in [3.63, 3.8) is 0 Å². The van der Waals surface area contributed by atoms with Crippen molar-refractivity contribution < 1.29 is 4.79 Å². The highest BCUT2D eigenvalue weighted by Crippen LogP contribution is 2.37. The maximum Gasteiger partial charge on any atom is 0.276 e. The highest BCUT2D eigenvalue weighted by atomic mass is 16.2. The fraction of sp³-hybridized carbons (Fsp3) is 0.524. The Labute approximate surface area is 174 Å². The van der Waals surface area contributed by atoms with Gasteiger partial charge in [0.15, 0.2) is 0 Å². The summed E-state index contributed by atoms with van der Waals surface area (Å²) in [6.07, 6.45) is 6.23. The van der Waals surface area contributed by atoms with Crippen molar-refractivity contribution in [2.24, 2.45) is 0 Å². The van der Waals surface area contributed by atoms with E-state index in [0.29, 0.717) is 17.2 Å². The van der Waals surface area contributed by atoms with E-state index in [2.05, 4.69) is 30.8 Å². The van der Waals surface area contributed by atoms with Gasteiger partial charge in [0.05, 0.1) is 0 Å². The molecule has 9 nitrogen and oxygen atoms in total. The summed E-state index contributed by atoms with van der Waals surface area (Å²) in [4.78, 5) is 37.1. The zero-order valence-electron chi connectivity index (χ0n) is 17.2. The Hall–Kier alpha value is -2.94. The van der Waals surface area contributed by atoms with Gasteiger partial charge in [-0.2, -0.15) is 0 Å². The van der Waals surface area contributed by atoms with Gasteiger partial charge in [0.1, 0.15) is 35.0 Å². The minimum atomic E-state index is -0.595. The highest BCUT2D eigenvalue weighted by molar-refractivity contribution is 5.97. The molecule has 1 aliphatic carbocycles. The molecule has 9 heteroatoms. The Balaban J connectivity index is 1.51. The van der Waals surface area contributed by atoms with Gasteiger partial charge in [-0.15, -0.1) is 0 Å².